The van der Waals surface area contributed by atoms with Crippen molar-refractivity contribution in [2.45, 2.75) is 52.7 Å². The molecule has 0 bridgehead atoms. The van der Waals surface area contributed by atoms with E-state index in [2.05, 4.69) is 63.2 Å². The minimum absolute atomic E-state index is 0.169. The number of hydrogen-bond acceptors (Lipinski definition) is 3. The Labute approximate surface area is 118 Å². The second-order valence-electron chi connectivity index (χ2n) is 6.88. The van der Waals surface area contributed by atoms with Crippen molar-refractivity contribution < 1.29 is 0 Å². The van der Waals surface area contributed by atoms with Crippen LogP contribution in [0.5, 0.6) is 0 Å². The summed E-state index contributed by atoms with van der Waals surface area (Å²) < 4.78 is 1.86. The van der Waals surface area contributed by atoms with E-state index in [0.29, 0.717) is 12.0 Å². The van der Waals surface area contributed by atoms with Gasteiger partial charge in [0.25, 0.3) is 0 Å². The number of nitrogens with zero attached hydrogens (tertiary/aromatic N) is 3. The molecule has 0 amide bonds. The highest BCUT2D eigenvalue weighted by Gasteiger charge is 2.21. The first kappa shape index (κ1) is 16.2. The lowest BCUT2D eigenvalue weighted by molar-refractivity contribution is 0.169. The molecule has 0 saturated heterocycles. The van der Waals surface area contributed by atoms with Crippen molar-refractivity contribution in [1.29, 1.82) is 0 Å². The topological polar surface area (TPSA) is 33.1 Å². The Bertz CT molecular complexity index is 376. The van der Waals surface area contributed by atoms with Crippen molar-refractivity contribution in [2.75, 3.05) is 13.6 Å². The first-order chi connectivity index (χ1) is 8.69. The molecule has 19 heavy (non-hydrogen) atoms. The van der Waals surface area contributed by atoms with E-state index in [9.17, 15) is 0 Å². The molecule has 1 atom stereocenters. The highest BCUT2D eigenvalue weighted by Crippen LogP contribution is 2.13. The van der Waals surface area contributed by atoms with E-state index in [1.165, 1.54) is 5.56 Å². The Morgan fingerprint density at radius 3 is 2.42 bits per heavy atom. The summed E-state index contributed by atoms with van der Waals surface area (Å²) in [6, 6.07) is 0.527. The normalized spacial score (nSPS) is 14.4. The van der Waals surface area contributed by atoms with Crippen molar-refractivity contribution in [2.24, 2.45) is 13.0 Å². The molecule has 0 spiro atoms. The summed E-state index contributed by atoms with van der Waals surface area (Å²) >= 11 is 0. The van der Waals surface area contributed by atoms with E-state index in [0.717, 1.165) is 13.1 Å². The van der Waals surface area contributed by atoms with E-state index >= 15 is 0 Å². The molecule has 4 nitrogen and oxygen atoms in total. The Balaban J connectivity index is 2.60. The van der Waals surface area contributed by atoms with Gasteiger partial charge in [0.2, 0.25) is 0 Å². The van der Waals surface area contributed by atoms with Gasteiger partial charge < -0.3 is 5.32 Å². The molecule has 1 unspecified atom stereocenters. The fourth-order valence-corrected chi connectivity index (χ4v) is 2.27. The minimum atomic E-state index is 0.169. The van der Waals surface area contributed by atoms with Gasteiger partial charge >= 0.3 is 0 Å². The van der Waals surface area contributed by atoms with Gasteiger partial charge in [0.05, 0.1) is 6.20 Å². The predicted molar refractivity (Wildman–Crippen MR) is 81.1 cm³/mol. The summed E-state index contributed by atoms with van der Waals surface area (Å²) in [6.45, 7) is 13.2. The second kappa shape index (κ2) is 6.53. The van der Waals surface area contributed by atoms with Gasteiger partial charge in [-0.1, -0.05) is 13.8 Å². The predicted octanol–water partition coefficient (Wildman–Crippen LogP) is 2.26. The van der Waals surface area contributed by atoms with Crippen molar-refractivity contribution in [3.63, 3.8) is 0 Å². The minimum Gasteiger partial charge on any atom is -0.311 e. The fourth-order valence-electron chi connectivity index (χ4n) is 2.27. The average molecular weight is 266 g/mol. The van der Waals surface area contributed by atoms with Crippen LogP contribution in [-0.2, 0) is 13.6 Å². The molecule has 1 rings (SSSR count). The van der Waals surface area contributed by atoms with Crippen LogP contribution >= 0.6 is 0 Å². The monoisotopic (exact) mass is 266 g/mol. The van der Waals surface area contributed by atoms with E-state index in [1.807, 2.05) is 17.9 Å². The molecule has 0 aromatic carbocycles. The standard InChI is InChI=1S/C15H30N4/c1-12(2)14(9-16-15(3,4)5)18(6)10-13-8-17-19(7)11-13/h8,11-12,14,16H,9-10H2,1-7H3. The second-order valence-corrected chi connectivity index (χ2v) is 6.88. The molecular formula is C15H30N4. The third-order valence-electron chi connectivity index (χ3n) is 3.37. The summed E-state index contributed by atoms with van der Waals surface area (Å²) in [5.41, 5.74) is 1.44. The number of aryl methyl sites for hydroxylation is 1. The molecule has 1 N–H and O–H groups in total. The van der Waals surface area contributed by atoms with Gasteiger partial charge in [-0.15, -0.1) is 0 Å². The summed E-state index contributed by atoms with van der Waals surface area (Å²) in [5, 5.41) is 7.85. The van der Waals surface area contributed by atoms with Crippen LogP contribution in [0.3, 0.4) is 0 Å². The van der Waals surface area contributed by atoms with Crippen molar-refractivity contribution in [1.82, 2.24) is 20.0 Å². The molecule has 0 radical (unpaired) electrons. The summed E-state index contributed by atoms with van der Waals surface area (Å²) in [7, 11) is 4.16. The largest absolute Gasteiger partial charge is 0.311 e. The molecule has 0 aliphatic carbocycles. The van der Waals surface area contributed by atoms with E-state index in [4.69, 9.17) is 0 Å². The van der Waals surface area contributed by atoms with E-state index < -0.39 is 0 Å². The van der Waals surface area contributed by atoms with Gasteiger partial charge in [-0.25, -0.2) is 0 Å². The van der Waals surface area contributed by atoms with Crippen LogP contribution in [0.1, 0.15) is 40.2 Å². The third-order valence-corrected chi connectivity index (χ3v) is 3.37. The van der Waals surface area contributed by atoms with Gasteiger partial charge in [0.15, 0.2) is 0 Å². The molecule has 1 aromatic rings. The number of nitrogens with one attached hydrogen (secondary N) is 1. The smallest absolute Gasteiger partial charge is 0.0534 e. The Morgan fingerprint density at radius 1 is 1.37 bits per heavy atom. The Morgan fingerprint density at radius 2 is 2.00 bits per heavy atom. The zero-order valence-corrected chi connectivity index (χ0v) is 13.6. The third kappa shape index (κ3) is 5.74. The lowest BCUT2D eigenvalue weighted by Gasteiger charge is -2.34. The van der Waals surface area contributed by atoms with Crippen molar-refractivity contribution in [3.8, 4) is 0 Å². The number of aromatic nitrogens is 2. The highest BCUT2D eigenvalue weighted by molar-refractivity contribution is 5.03. The number of rotatable bonds is 6. The van der Waals surface area contributed by atoms with Gasteiger partial charge in [-0.05, 0) is 33.7 Å². The molecule has 0 aliphatic rings. The molecular weight excluding hydrogens is 236 g/mol. The summed E-state index contributed by atoms with van der Waals surface area (Å²) in [6.07, 6.45) is 4.04. The molecule has 0 aliphatic heterocycles. The zero-order chi connectivity index (χ0) is 14.6. The molecule has 110 valence electrons. The van der Waals surface area contributed by atoms with Crippen LogP contribution in [0.25, 0.3) is 0 Å². The number of hydrogen-bond donors (Lipinski definition) is 1. The highest BCUT2D eigenvalue weighted by atomic mass is 15.2. The number of likely N-dealkylation sites (N-methyl/N-ethyl adjacent to an activating group) is 1. The van der Waals surface area contributed by atoms with Crippen LogP contribution in [0, 0.1) is 5.92 Å². The maximum Gasteiger partial charge on any atom is 0.0534 e. The van der Waals surface area contributed by atoms with Crippen LogP contribution in [0.2, 0.25) is 0 Å². The van der Waals surface area contributed by atoms with Crippen LogP contribution in [0.15, 0.2) is 12.4 Å². The van der Waals surface area contributed by atoms with Crippen LogP contribution < -0.4 is 5.32 Å². The Kier molecular flexibility index (Phi) is 5.56. The van der Waals surface area contributed by atoms with Gasteiger partial charge in [-0.3, -0.25) is 9.58 Å². The zero-order valence-electron chi connectivity index (χ0n) is 13.6. The molecule has 4 heteroatoms. The fraction of sp³-hybridized carbons (Fsp3) is 0.800. The average Bonchev–Trinajstić information content (AvgIpc) is 2.61. The van der Waals surface area contributed by atoms with Crippen molar-refractivity contribution >= 4 is 0 Å². The summed E-state index contributed by atoms with van der Waals surface area (Å²) in [5.74, 6) is 0.622. The molecule has 1 heterocycles. The molecule has 0 fully saturated rings. The van der Waals surface area contributed by atoms with Crippen LogP contribution in [-0.4, -0.2) is 39.9 Å². The van der Waals surface area contributed by atoms with Gasteiger partial charge in [-0.2, -0.15) is 5.10 Å². The first-order valence-corrected chi connectivity index (χ1v) is 7.12. The van der Waals surface area contributed by atoms with E-state index in [1.54, 1.807) is 0 Å². The van der Waals surface area contributed by atoms with Gasteiger partial charge in [0, 0.05) is 43.5 Å². The lowest BCUT2D eigenvalue weighted by Crippen LogP contribution is -2.48. The van der Waals surface area contributed by atoms with Crippen LogP contribution in [0.4, 0.5) is 0 Å². The van der Waals surface area contributed by atoms with E-state index in [-0.39, 0.29) is 5.54 Å². The summed E-state index contributed by atoms with van der Waals surface area (Å²) in [4.78, 5) is 2.42. The quantitative estimate of drug-likeness (QED) is 0.857. The Hall–Kier alpha value is -0.870. The molecule has 0 saturated carbocycles. The maximum absolute atomic E-state index is 4.23. The lowest BCUT2D eigenvalue weighted by atomic mass is 10.0. The maximum atomic E-state index is 4.23. The van der Waals surface area contributed by atoms with Gasteiger partial charge in [0.1, 0.15) is 0 Å². The SMILES string of the molecule is CC(C)C(CNC(C)(C)C)N(C)Cc1cnn(C)c1. The molecule has 1 aromatic heterocycles. The van der Waals surface area contributed by atoms with Crippen molar-refractivity contribution in [3.05, 3.63) is 18.0 Å². The first-order valence-electron chi connectivity index (χ1n) is 7.12.